The van der Waals surface area contributed by atoms with Gasteiger partial charge >= 0.3 is 0 Å². The quantitative estimate of drug-likeness (QED) is 0.0695. The molecule has 28 heteroatoms. The van der Waals surface area contributed by atoms with Gasteiger partial charge in [-0.05, 0) is 120 Å². The minimum Gasteiger partial charge on any atom is -0.324 e. The lowest BCUT2D eigenvalue weighted by Gasteiger charge is -2.15. The van der Waals surface area contributed by atoms with Crippen LogP contribution in [-0.2, 0) is 20.2 Å². The van der Waals surface area contributed by atoms with E-state index < -0.39 is 30.0 Å². The molecule has 0 saturated heterocycles. The van der Waals surface area contributed by atoms with E-state index in [1.54, 1.807) is 0 Å². The summed E-state index contributed by atoms with van der Waals surface area (Å²) >= 11 is 10.7. The zero-order valence-electron chi connectivity index (χ0n) is 36.8. The molecule has 366 valence electrons. The molecular formula is C46H26N12O6S10. The molecule has 18 nitrogen and oxygen atoms in total. The third-order valence-corrected chi connectivity index (χ3v) is 20.0. The minimum absolute atomic E-state index is 0.0249. The summed E-state index contributed by atoms with van der Waals surface area (Å²) in [5.74, 6) is 0.0498. The lowest BCUT2D eigenvalue weighted by molar-refractivity contribution is 0.480. The molecule has 6 aromatic heterocycles. The number of fused-ring (bicyclic) bond motifs is 4. The molecule has 0 radical (unpaired) electrons. The predicted octanol–water partition coefficient (Wildman–Crippen LogP) is 12.7. The number of hydrogen-bond donors (Lipinski definition) is 4. The summed E-state index contributed by atoms with van der Waals surface area (Å²) in [6.07, 6.45) is 0. The second-order valence-electron chi connectivity index (χ2n) is 15.3. The molecular weight excluding hydrogens is 1140 g/mol. The van der Waals surface area contributed by atoms with Crippen molar-refractivity contribution >= 4 is 177 Å². The summed E-state index contributed by atoms with van der Waals surface area (Å²) in [7, 11) is -10.1. The molecule has 0 unspecified atom stereocenters. The summed E-state index contributed by atoms with van der Waals surface area (Å²) in [6, 6.07) is 38.5. The lowest BCUT2D eigenvalue weighted by Crippen LogP contribution is -2.08. The van der Waals surface area contributed by atoms with Gasteiger partial charge in [-0.15, -0.1) is 45.3 Å². The van der Waals surface area contributed by atoms with Crippen LogP contribution >= 0.6 is 92.4 Å². The largest absolute Gasteiger partial charge is 0.324 e. The van der Waals surface area contributed by atoms with Crippen LogP contribution in [0.5, 0.6) is 0 Å². The van der Waals surface area contributed by atoms with Crippen molar-refractivity contribution in [2.24, 2.45) is 0 Å². The molecule has 12 aromatic rings. The SMILES string of the molecule is O=S(=O)(O)c1cc(Nc2nc(Sc3nc4ccccc4s3)nc(Sc3nc4ccccc4s3)n2)ccc1-c1ccc(Nc2nc(Sc3nc4ccccc4s3)nc(Sc3nc4ccccc4s3)n2)cc1S(=O)(=O)O. The van der Waals surface area contributed by atoms with Crippen molar-refractivity contribution in [2.75, 3.05) is 10.6 Å². The van der Waals surface area contributed by atoms with Gasteiger partial charge in [-0.25, -0.2) is 19.9 Å². The van der Waals surface area contributed by atoms with Crippen LogP contribution in [0.1, 0.15) is 0 Å². The molecule has 0 spiro atoms. The van der Waals surface area contributed by atoms with E-state index in [1.165, 1.54) is 117 Å². The van der Waals surface area contributed by atoms with Gasteiger partial charge in [-0.2, -0.15) is 46.7 Å². The number of benzene rings is 6. The smallest absolute Gasteiger partial charge is 0.295 e. The van der Waals surface area contributed by atoms with Crippen molar-refractivity contribution < 1.29 is 25.9 Å². The van der Waals surface area contributed by atoms with E-state index in [1.807, 2.05) is 97.1 Å². The molecule has 6 heterocycles. The molecule has 0 aliphatic carbocycles. The van der Waals surface area contributed by atoms with E-state index in [0.29, 0.717) is 17.4 Å². The Morgan fingerprint density at radius 2 is 0.649 bits per heavy atom. The van der Waals surface area contributed by atoms with Gasteiger partial charge in [0.2, 0.25) is 32.5 Å². The molecule has 74 heavy (non-hydrogen) atoms. The number of aromatic nitrogens is 10. The van der Waals surface area contributed by atoms with Gasteiger partial charge in [0.05, 0.1) is 40.9 Å². The Morgan fingerprint density at radius 1 is 0.365 bits per heavy atom. The van der Waals surface area contributed by atoms with Crippen molar-refractivity contribution in [3.8, 4) is 11.1 Å². The van der Waals surface area contributed by atoms with Gasteiger partial charge in [0.25, 0.3) is 20.2 Å². The van der Waals surface area contributed by atoms with E-state index in [-0.39, 0.29) is 55.0 Å². The van der Waals surface area contributed by atoms with E-state index in [2.05, 4.69) is 30.6 Å². The van der Waals surface area contributed by atoms with Gasteiger partial charge in [-0.1, -0.05) is 60.7 Å². The van der Waals surface area contributed by atoms with Crippen LogP contribution in [0.2, 0.25) is 0 Å². The average molecular weight is 1160 g/mol. The lowest BCUT2D eigenvalue weighted by atomic mass is 10.0. The van der Waals surface area contributed by atoms with Crippen LogP contribution in [-0.4, -0.2) is 75.8 Å². The van der Waals surface area contributed by atoms with Crippen molar-refractivity contribution in [3.05, 3.63) is 133 Å². The summed E-state index contributed by atoms with van der Waals surface area (Å²) < 4.78 is 80.8. The average Bonchev–Trinajstić information content (AvgIpc) is 4.17. The zero-order valence-corrected chi connectivity index (χ0v) is 44.9. The van der Waals surface area contributed by atoms with Crippen LogP contribution in [0.3, 0.4) is 0 Å². The highest BCUT2D eigenvalue weighted by molar-refractivity contribution is 8.02. The Hall–Kier alpha value is -6.28. The van der Waals surface area contributed by atoms with E-state index in [9.17, 15) is 25.9 Å². The highest BCUT2D eigenvalue weighted by Crippen LogP contribution is 2.41. The van der Waals surface area contributed by atoms with Gasteiger partial charge < -0.3 is 10.6 Å². The fourth-order valence-corrected chi connectivity index (χ4v) is 16.5. The molecule has 6 aromatic carbocycles. The maximum atomic E-state index is 13.2. The van der Waals surface area contributed by atoms with Crippen molar-refractivity contribution in [2.45, 2.75) is 47.8 Å². The second-order valence-corrected chi connectivity index (χ2v) is 27.0. The molecule has 0 aliphatic heterocycles. The number of hydrogen-bond acceptors (Lipinski definition) is 24. The number of para-hydroxylation sites is 4. The Balaban J connectivity index is 0.868. The van der Waals surface area contributed by atoms with E-state index in [4.69, 9.17) is 29.9 Å². The zero-order chi connectivity index (χ0) is 50.6. The molecule has 0 atom stereocenters. The van der Waals surface area contributed by atoms with Crippen molar-refractivity contribution in [3.63, 3.8) is 0 Å². The topological polar surface area (TPSA) is 262 Å². The van der Waals surface area contributed by atoms with Crippen molar-refractivity contribution in [1.29, 1.82) is 0 Å². The first-order chi connectivity index (χ1) is 35.8. The second kappa shape index (κ2) is 20.1. The number of nitrogens with one attached hydrogen (secondary N) is 2. The Morgan fingerprint density at radius 3 is 0.919 bits per heavy atom. The first kappa shape index (κ1) is 48.6. The van der Waals surface area contributed by atoms with Crippen LogP contribution < -0.4 is 10.6 Å². The summed E-state index contributed by atoms with van der Waals surface area (Å²) in [5, 5.41) is 7.20. The summed E-state index contributed by atoms with van der Waals surface area (Å²) in [6.45, 7) is 0. The van der Waals surface area contributed by atoms with Gasteiger partial charge in [0.15, 0.2) is 17.4 Å². The predicted molar refractivity (Wildman–Crippen MR) is 293 cm³/mol. The first-order valence-electron chi connectivity index (χ1n) is 21.2. The monoisotopic (exact) mass is 1160 g/mol. The number of nitrogens with zero attached hydrogens (tertiary/aromatic N) is 10. The van der Waals surface area contributed by atoms with E-state index >= 15 is 0 Å². The highest BCUT2D eigenvalue weighted by atomic mass is 32.2. The molecule has 0 fully saturated rings. The standard InChI is InChI=1S/C46H26N12O6S10/c59-73(60,61)35-21-23(47-37-53-39(69-43-49-27-9-1-5-13-31(27)65-43)57-40(54-37)70-44-50-28-10-2-6-14-32(28)66-44)17-19-25(35)26-20-18-24(22-36(26)74(62,63)64)48-38-55-41(71-45-51-29-11-3-7-15-33(29)67-45)58-42(56-38)72-46-52-30-12-4-8-16-34(30)68-46/h1-22H,(H,59,60,61)(H,62,63,64)(H,47,53,54,57)(H,48,55,56,58). The molecule has 0 amide bonds. The number of thiazole rings is 4. The normalized spacial score (nSPS) is 12.1. The maximum Gasteiger partial charge on any atom is 0.295 e. The van der Waals surface area contributed by atoms with Crippen LogP contribution in [0, 0.1) is 0 Å². The molecule has 12 rings (SSSR count). The number of rotatable bonds is 15. The Labute approximate surface area is 451 Å². The third kappa shape index (κ3) is 10.8. The summed E-state index contributed by atoms with van der Waals surface area (Å²) in [4.78, 5) is 45.4. The van der Waals surface area contributed by atoms with Crippen LogP contribution in [0.15, 0.2) is 181 Å². The highest BCUT2D eigenvalue weighted by Gasteiger charge is 2.26. The molecule has 0 saturated carbocycles. The van der Waals surface area contributed by atoms with Crippen LogP contribution in [0.25, 0.3) is 52.0 Å². The maximum absolute atomic E-state index is 13.2. The van der Waals surface area contributed by atoms with Crippen LogP contribution in [0.4, 0.5) is 23.3 Å². The van der Waals surface area contributed by atoms with Crippen molar-refractivity contribution in [1.82, 2.24) is 49.8 Å². The fraction of sp³-hybridized carbons (Fsp3) is 0. The minimum atomic E-state index is -5.07. The number of anilines is 4. The van der Waals surface area contributed by atoms with Gasteiger partial charge in [0, 0.05) is 22.5 Å². The third-order valence-electron chi connectivity index (χ3n) is 10.3. The molecule has 0 bridgehead atoms. The van der Waals surface area contributed by atoms with Gasteiger partial charge in [-0.3, -0.25) is 9.11 Å². The molecule has 4 N–H and O–H groups in total. The molecule has 0 aliphatic rings. The van der Waals surface area contributed by atoms with Gasteiger partial charge in [0.1, 0.15) is 9.79 Å². The van der Waals surface area contributed by atoms with E-state index in [0.717, 1.165) is 53.0 Å². The fourth-order valence-electron chi connectivity index (χ4n) is 7.19. The Kier molecular flexibility index (Phi) is 13.2. The first-order valence-corrected chi connectivity index (χ1v) is 30.6. The Bertz CT molecular complexity index is 3800. The summed E-state index contributed by atoms with van der Waals surface area (Å²) in [5.41, 5.74) is 3.00.